The molecule has 4 nitrogen and oxygen atoms in total. The Kier molecular flexibility index (Phi) is 6.01. The average molecular weight is 399 g/mol. The van der Waals surface area contributed by atoms with Crippen LogP contribution in [0.5, 0.6) is 0 Å². The van der Waals surface area contributed by atoms with Gasteiger partial charge in [0.05, 0.1) is 6.20 Å². The van der Waals surface area contributed by atoms with Crippen LogP contribution in [0.3, 0.4) is 0 Å². The SMILES string of the molecule is O=C(CCc1ncc(-c2cccc(Br)c2)o1)NCCc1ccccc1. The van der Waals surface area contributed by atoms with E-state index in [4.69, 9.17) is 4.42 Å². The molecule has 0 fully saturated rings. The Morgan fingerprint density at radius 2 is 1.92 bits per heavy atom. The van der Waals surface area contributed by atoms with Crippen LogP contribution in [0.15, 0.2) is 69.7 Å². The number of aryl methyl sites for hydroxylation is 1. The third-order valence-corrected chi connectivity index (χ3v) is 4.30. The summed E-state index contributed by atoms with van der Waals surface area (Å²) in [5.41, 5.74) is 2.18. The summed E-state index contributed by atoms with van der Waals surface area (Å²) in [7, 11) is 0. The van der Waals surface area contributed by atoms with Crippen molar-refractivity contribution in [2.24, 2.45) is 0 Å². The van der Waals surface area contributed by atoms with Gasteiger partial charge in [-0.05, 0) is 24.1 Å². The number of oxazole rings is 1. The molecule has 0 spiro atoms. The third-order valence-electron chi connectivity index (χ3n) is 3.81. The first-order valence-corrected chi connectivity index (χ1v) is 9.01. The monoisotopic (exact) mass is 398 g/mol. The molecule has 2 aromatic carbocycles. The Labute approximate surface area is 155 Å². The summed E-state index contributed by atoms with van der Waals surface area (Å²) in [6, 6.07) is 17.9. The van der Waals surface area contributed by atoms with Gasteiger partial charge in [0, 0.05) is 29.4 Å². The summed E-state index contributed by atoms with van der Waals surface area (Å²) in [5.74, 6) is 1.30. The molecule has 0 saturated carbocycles. The van der Waals surface area contributed by atoms with Gasteiger partial charge in [0.2, 0.25) is 5.91 Å². The molecule has 1 amide bonds. The van der Waals surface area contributed by atoms with Gasteiger partial charge in [-0.15, -0.1) is 0 Å². The fourth-order valence-electron chi connectivity index (χ4n) is 2.50. The number of amides is 1. The normalized spacial score (nSPS) is 10.6. The number of benzene rings is 2. The molecule has 0 saturated heterocycles. The van der Waals surface area contributed by atoms with E-state index in [1.54, 1.807) is 6.20 Å². The molecular weight excluding hydrogens is 380 g/mol. The van der Waals surface area contributed by atoms with Crippen LogP contribution in [0.4, 0.5) is 0 Å². The minimum absolute atomic E-state index is 0.0122. The number of aromatic nitrogens is 1. The highest BCUT2D eigenvalue weighted by Crippen LogP contribution is 2.23. The number of nitrogens with zero attached hydrogens (tertiary/aromatic N) is 1. The number of halogens is 1. The van der Waals surface area contributed by atoms with Gasteiger partial charge in [-0.2, -0.15) is 0 Å². The lowest BCUT2D eigenvalue weighted by molar-refractivity contribution is -0.121. The smallest absolute Gasteiger partial charge is 0.220 e. The van der Waals surface area contributed by atoms with Crippen LogP contribution >= 0.6 is 15.9 Å². The van der Waals surface area contributed by atoms with Gasteiger partial charge in [-0.3, -0.25) is 4.79 Å². The van der Waals surface area contributed by atoms with E-state index in [2.05, 4.69) is 38.4 Å². The highest BCUT2D eigenvalue weighted by Gasteiger charge is 2.09. The van der Waals surface area contributed by atoms with E-state index in [1.807, 2.05) is 42.5 Å². The molecule has 25 heavy (non-hydrogen) atoms. The van der Waals surface area contributed by atoms with Crippen molar-refractivity contribution in [3.05, 3.63) is 76.7 Å². The molecule has 5 heteroatoms. The van der Waals surface area contributed by atoms with Crippen LogP contribution in [-0.2, 0) is 17.6 Å². The second kappa shape index (κ2) is 8.62. The molecule has 0 atom stereocenters. The van der Waals surface area contributed by atoms with Crippen LogP contribution < -0.4 is 5.32 Å². The predicted molar refractivity (Wildman–Crippen MR) is 101 cm³/mol. The zero-order valence-electron chi connectivity index (χ0n) is 13.7. The van der Waals surface area contributed by atoms with Gasteiger partial charge in [0.15, 0.2) is 11.7 Å². The van der Waals surface area contributed by atoms with Crippen LogP contribution in [0, 0.1) is 0 Å². The zero-order valence-corrected chi connectivity index (χ0v) is 15.3. The molecule has 0 bridgehead atoms. The van der Waals surface area contributed by atoms with E-state index in [0.717, 1.165) is 16.5 Å². The summed E-state index contributed by atoms with van der Waals surface area (Å²) in [4.78, 5) is 16.2. The van der Waals surface area contributed by atoms with Crippen LogP contribution in [0.1, 0.15) is 17.9 Å². The maximum Gasteiger partial charge on any atom is 0.220 e. The quantitative estimate of drug-likeness (QED) is 0.641. The summed E-state index contributed by atoms with van der Waals surface area (Å²) in [6.45, 7) is 0.637. The first kappa shape index (κ1) is 17.4. The van der Waals surface area contributed by atoms with E-state index < -0.39 is 0 Å². The van der Waals surface area contributed by atoms with Crippen molar-refractivity contribution >= 4 is 21.8 Å². The van der Waals surface area contributed by atoms with E-state index >= 15 is 0 Å². The Balaban J connectivity index is 1.45. The fraction of sp³-hybridized carbons (Fsp3) is 0.200. The summed E-state index contributed by atoms with van der Waals surface area (Å²) >= 11 is 3.44. The van der Waals surface area contributed by atoms with Crippen molar-refractivity contribution in [3.63, 3.8) is 0 Å². The number of carbonyl (C=O) groups excluding carboxylic acids is 1. The molecule has 0 aliphatic carbocycles. The number of carbonyl (C=O) groups is 1. The minimum Gasteiger partial charge on any atom is -0.441 e. The lowest BCUT2D eigenvalue weighted by Gasteiger charge is -2.04. The van der Waals surface area contributed by atoms with E-state index in [1.165, 1.54) is 5.56 Å². The van der Waals surface area contributed by atoms with Gasteiger partial charge in [0.25, 0.3) is 0 Å². The van der Waals surface area contributed by atoms with E-state index in [9.17, 15) is 4.79 Å². The largest absolute Gasteiger partial charge is 0.441 e. The number of nitrogens with one attached hydrogen (secondary N) is 1. The first-order valence-electron chi connectivity index (χ1n) is 8.22. The van der Waals surface area contributed by atoms with Gasteiger partial charge in [0.1, 0.15) is 0 Å². The van der Waals surface area contributed by atoms with Crippen molar-refractivity contribution in [3.8, 4) is 11.3 Å². The van der Waals surface area contributed by atoms with Crippen LogP contribution in [0.2, 0.25) is 0 Å². The molecule has 0 aliphatic heterocycles. The van der Waals surface area contributed by atoms with Crippen LogP contribution in [-0.4, -0.2) is 17.4 Å². The molecule has 1 aromatic heterocycles. The topological polar surface area (TPSA) is 55.1 Å². The van der Waals surface area contributed by atoms with E-state index in [-0.39, 0.29) is 5.91 Å². The van der Waals surface area contributed by atoms with Gasteiger partial charge >= 0.3 is 0 Å². The number of hydrogen-bond acceptors (Lipinski definition) is 3. The molecule has 0 radical (unpaired) electrons. The van der Waals surface area contributed by atoms with Gasteiger partial charge in [-0.1, -0.05) is 58.4 Å². The second-order valence-corrected chi connectivity index (χ2v) is 6.63. The zero-order chi connectivity index (χ0) is 17.5. The number of hydrogen-bond donors (Lipinski definition) is 1. The number of rotatable bonds is 7. The van der Waals surface area contributed by atoms with Crippen molar-refractivity contribution in [1.82, 2.24) is 10.3 Å². The van der Waals surface area contributed by atoms with Crippen LogP contribution in [0.25, 0.3) is 11.3 Å². The van der Waals surface area contributed by atoms with Gasteiger partial charge in [-0.25, -0.2) is 4.98 Å². The molecule has 1 N–H and O–H groups in total. The summed E-state index contributed by atoms with van der Waals surface area (Å²) in [6.07, 6.45) is 3.39. The summed E-state index contributed by atoms with van der Waals surface area (Å²) < 4.78 is 6.72. The Bertz CT molecular complexity index is 830. The lowest BCUT2D eigenvalue weighted by Crippen LogP contribution is -2.25. The Morgan fingerprint density at radius 3 is 2.72 bits per heavy atom. The first-order chi connectivity index (χ1) is 12.2. The molecule has 128 valence electrons. The lowest BCUT2D eigenvalue weighted by atomic mass is 10.1. The second-order valence-electron chi connectivity index (χ2n) is 5.71. The van der Waals surface area contributed by atoms with Crippen molar-refractivity contribution in [1.29, 1.82) is 0 Å². The fourth-order valence-corrected chi connectivity index (χ4v) is 2.90. The molecule has 3 aromatic rings. The highest BCUT2D eigenvalue weighted by molar-refractivity contribution is 9.10. The predicted octanol–water partition coefficient (Wildman–Crippen LogP) is 4.40. The molecule has 3 rings (SSSR count). The molecule has 1 heterocycles. The van der Waals surface area contributed by atoms with Crippen molar-refractivity contribution in [2.75, 3.05) is 6.54 Å². The maximum atomic E-state index is 11.9. The molecule has 0 aliphatic rings. The average Bonchev–Trinajstić information content (AvgIpc) is 3.10. The van der Waals surface area contributed by atoms with Crippen molar-refractivity contribution in [2.45, 2.75) is 19.3 Å². The Morgan fingerprint density at radius 1 is 1.08 bits per heavy atom. The standard InChI is InChI=1S/C20H19BrN2O2/c21-17-8-4-7-16(13-17)18-14-23-20(25-18)10-9-19(24)22-12-11-15-5-2-1-3-6-15/h1-8,13-14H,9-12H2,(H,22,24). The Hall–Kier alpha value is -2.40. The van der Waals surface area contributed by atoms with Crippen molar-refractivity contribution < 1.29 is 9.21 Å². The maximum absolute atomic E-state index is 11.9. The highest BCUT2D eigenvalue weighted by atomic mass is 79.9. The summed E-state index contributed by atoms with van der Waals surface area (Å²) in [5, 5.41) is 2.93. The third kappa shape index (κ3) is 5.29. The minimum atomic E-state index is 0.0122. The van der Waals surface area contributed by atoms with Gasteiger partial charge < -0.3 is 9.73 Å². The molecule has 0 unspecified atom stereocenters. The molecular formula is C20H19BrN2O2. The van der Waals surface area contributed by atoms with E-state index in [0.29, 0.717) is 31.0 Å².